The predicted molar refractivity (Wildman–Crippen MR) is 71.4 cm³/mol. The molecule has 2 rings (SSSR count). The molecule has 0 radical (unpaired) electrons. The van der Waals surface area contributed by atoms with E-state index in [1.54, 1.807) is 24.3 Å². The van der Waals surface area contributed by atoms with E-state index < -0.39 is 6.10 Å². The van der Waals surface area contributed by atoms with Gasteiger partial charge in [-0.3, -0.25) is 4.79 Å². The lowest BCUT2D eigenvalue weighted by Gasteiger charge is -2.15. The molecule has 98 valence electrons. The molecular formula is C14H18ClNO2. The molecule has 1 aliphatic rings. The van der Waals surface area contributed by atoms with Crippen molar-refractivity contribution < 1.29 is 9.90 Å². The normalized spacial score (nSPS) is 17.7. The van der Waals surface area contributed by atoms with Crippen LogP contribution in [0.5, 0.6) is 0 Å². The summed E-state index contributed by atoms with van der Waals surface area (Å²) in [6, 6.07) is 7.23. The quantitative estimate of drug-likeness (QED) is 0.881. The van der Waals surface area contributed by atoms with Gasteiger partial charge in [-0.25, -0.2) is 0 Å². The van der Waals surface area contributed by atoms with Gasteiger partial charge in [0, 0.05) is 11.1 Å². The first-order valence-corrected chi connectivity index (χ1v) is 6.76. The number of amides is 1. The molecule has 1 saturated carbocycles. The second-order valence-corrected chi connectivity index (χ2v) is 5.26. The van der Waals surface area contributed by atoms with Crippen LogP contribution in [0.3, 0.4) is 0 Å². The number of halogens is 1. The minimum atomic E-state index is -0.760. The molecule has 1 aromatic carbocycles. The first-order chi connectivity index (χ1) is 8.65. The molecule has 2 N–H and O–H groups in total. The van der Waals surface area contributed by atoms with Gasteiger partial charge in [-0.2, -0.15) is 0 Å². The molecular weight excluding hydrogens is 250 g/mol. The molecule has 1 aromatic rings. The smallest absolute Gasteiger partial charge is 0.223 e. The Bertz CT molecular complexity index is 399. The first kappa shape index (κ1) is 13.4. The van der Waals surface area contributed by atoms with Crippen molar-refractivity contribution in [3.8, 4) is 0 Å². The van der Waals surface area contributed by atoms with E-state index >= 15 is 0 Å². The summed E-state index contributed by atoms with van der Waals surface area (Å²) in [6.07, 6.45) is 3.84. The second kappa shape index (κ2) is 6.21. The number of aliphatic hydroxyl groups is 1. The predicted octanol–water partition coefficient (Wildman–Crippen LogP) is 2.82. The lowest BCUT2D eigenvalue weighted by Crippen LogP contribution is -2.33. The average molecular weight is 268 g/mol. The fourth-order valence-corrected chi connectivity index (χ4v) is 2.46. The van der Waals surface area contributed by atoms with E-state index in [9.17, 15) is 9.90 Å². The van der Waals surface area contributed by atoms with Crippen LogP contribution in [-0.2, 0) is 4.79 Å². The number of hydrogen-bond donors (Lipinski definition) is 2. The molecule has 0 spiro atoms. The van der Waals surface area contributed by atoms with E-state index in [1.165, 1.54) is 12.8 Å². The van der Waals surface area contributed by atoms with Crippen LogP contribution in [0.25, 0.3) is 0 Å². The number of carbonyl (C=O) groups is 1. The maximum atomic E-state index is 11.8. The highest BCUT2D eigenvalue weighted by Gasteiger charge is 2.19. The van der Waals surface area contributed by atoms with Gasteiger partial charge < -0.3 is 10.4 Å². The molecule has 1 aliphatic carbocycles. The van der Waals surface area contributed by atoms with Gasteiger partial charge in [0.05, 0.1) is 12.5 Å². The molecule has 0 bridgehead atoms. The van der Waals surface area contributed by atoms with Crippen LogP contribution >= 0.6 is 11.6 Å². The summed E-state index contributed by atoms with van der Waals surface area (Å²) in [4.78, 5) is 11.8. The molecule has 4 heteroatoms. The largest absolute Gasteiger partial charge is 0.388 e. The van der Waals surface area contributed by atoms with Crippen LogP contribution in [0, 0.1) is 0 Å². The molecule has 18 heavy (non-hydrogen) atoms. The van der Waals surface area contributed by atoms with Gasteiger partial charge in [0.15, 0.2) is 0 Å². The van der Waals surface area contributed by atoms with E-state index in [-0.39, 0.29) is 12.3 Å². The van der Waals surface area contributed by atoms with Gasteiger partial charge in [0.2, 0.25) is 5.91 Å². The minimum Gasteiger partial charge on any atom is -0.388 e. The standard InChI is InChI=1S/C14H18ClNO2/c15-11-7-5-10(6-8-11)13(17)9-14(18)16-12-3-1-2-4-12/h5-8,12-13,17H,1-4,9H2,(H,16,18). The molecule has 0 heterocycles. The third-order valence-electron chi connectivity index (χ3n) is 3.35. The fraction of sp³-hybridized carbons (Fsp3) is 0.500. The fourth-order valence-electron chi connectivity index (χ4n) is 2.34. The Balaban J connectivity index is 1.84. The van der Waals surface area contributed by atoms with E-state index in [1.807, 2.05) is 0 Å². The highest BCUT2D eigenvalue weighted by atomic mass is 35.5. The van der Waals surface area contributed by atoms with Gasteiger partial charge in [-0.05, 0) is 30.5 Å². The van der Waals surface area contributed by atoms with E-state index in [4.69, 9.17) is 11.6 Å². The van der Waals surface area contributed by atoms with Crippen LogP contribution in [0.2, 0.25) is 5.02 Å². The highest BCUT2D eigenvalue weighted by molar-refractivity contribution is 6.30. The highest BCUT2D eigenvalue weighted by Crippen LogP contribution is 2.21. The molecule has 0 aromatic heterocycles. The zero-order valence-electron chi connectivity index (χ0n) is 10.2. The summed E-state index contributed by atoms with van der Waals surface area (Å²) in [5.41, 5.74) is 0.723. The third-order valence-corrected chi connectivity index (χ3v) is 3.61. The van der Waals surface area contributed by atoms with Crippen molar-refractivity contribution in [1.82, 2.24) is 5.32 Å². The van der Waals surface area contributed by atoms with E-state index in [0.717, 1.165) is 18.4 Å². The first-order valence-electron chi connectivity index (χ1n) is 6.38. The van der Waals surface area contributed by atoms with Crippen molar-refractivity contribution in [3.05, 3.63) is 34.9 Å². The third kappa shape index (κ3) is 3.72. The summed E-state index contributed by atoms with van der Waals surface area (Å²) < 4.78 is 0. The van der Waals surface area contributed by atoms with Crippen molar-refractivity contribution in [2.24, 2.45) is 0 Å². The number of benzene rings is 1. The van der Waals surface area contributed by atoms with Gasteiger partial charge in [0.1, 0.15) is 0 Å². The molecule has 3 nitrogen and oxygen atoms in total. The Labute approximate surface area is 112 Å². The molecule has 1 amide bonds. The number of aliphatic hydroxyl groups excluding tert-OH is 1. The van der Waals surface area contributed by atoms with Crippen molar-refractivity contribution in [1.29, 1.82) is 0 Å². The van der Waals surface area contributed by atoms with Crippen LogP contribution in [0.4, 0.5) is 0 Å². The minimum absolute atomic E-state index is 0.0793. The molecule has 1 fully saturated rings. The summed E-state index contributed by atoms with van der Waals surface area (Å²) >= 11 is 5.77. The van der Waals surface area contributed by atoms with Crippen molar-refractivity contribution in [3.63, 3.8) is 0 Å². The molecule has 1 unspecified atom stereocenters. The van der Waals surface area contributed by atoms with Gasteiger partial charge in [-0.15, -0.1) is 0 Å². The molecule has 0 saturated heterocycles. The van der Waals surface area contributed by atoms with Gasteiger partial charge >= 0.3 is 0 Å². The zero-order valence-corrected chi connectivity index (χ0v) is 11.0. The monoisotopic (exact) mass is 267 g/mol. The van der Waals surface area contributed by atoms with E-state index in [0.29, 0.717) is 11.1 Å². The molecule has 0 aliphatic heterocycles. The maximum Gasteiger partial charge on any atom is 0.223 e. The topological polar surface area (TPSA) is 49.3 Å². The van der Waals surface area contributed by atoms with Gasteiger partial charge in [0.25, 0.3) is 0 Å². The summed E-state index contributed by atoms with van der Waals surface area (Å²) in [5.74, 6) is -0.0793. The van der Waals surface area contributed by atoms with Crippen LogP contribution in [0.1, 0.15) is 43.8 Å². The van der Waals surface area contributed by atoms with Crippen LogP contribution < -0.4 is 5.32 Å². The maximum absolute atomic E-state index is 11.8. The number of carbonyl (C=O) groups excluding carboxylic acids is 1. The Hall–Kier alpha value is -1.06. The summed E-state index contributed by atoms with van der Waals surface area (Å²) in [5, 5.41) is 13.5. The lowest BCUT2D eigenvalue weighted by molar-refractivity contribution is -0.123. The Morgan fingerprint density at radius 3 is 2.56 bits per heavy atom. The SMILES string of the molecule is O=C(CC(O)c1ccc(Cl)cc1)NC1CCCC1. The second-order valence-electron chi connectivity index (χ2n) is 4.82. The summed E-state index contributed by atoms with van der Waals surface area (Å²) in [6.45, 7) is 0. The van der Waals surface area contributed by atoms with Crippen molar-refractivity contribution >= 4 is 17.5 Å². The van der Waals surface area contributed by atoms with Crippen molar-refractivity contribution in [2.75, 3.05) is 0 Å². The van der Waals surface area contributed by atoms with Crippen molar-refractivity contribution in [2.45, 2.75) is 44.2 Å². The van der Waals surface area contributed by atoms with E-state index in [2.05, 4.69) is 5.32 Å². The van der Waals surface area contributed by atoms with Crippen LogP contribution in [0.15, 0.2) is 24.3 Å². The lowest BCUT2D eigenvalue weighted by atomic mass is 10.1. The van der Waals surface area contributed by atoms with Crippen LogP contribution in [-0.4, -0.2) is 17.1 Å². The average Bonchev–Trinajstić information content (AvgIpc) is 2.82. The number of nitrogens with one attached hydrogen (secondary N) is 1. The Morgan fingerprint density at radius 2 is 1.94 bits per heavy atom. The Morgan fingerprint density at radius 1 is 1.33 bits per heavy atom. The van der Waals surface area contributed by atoms with Gasteiger partial charge in [-0.1, -0.05) is 36.6 Å². The Kier molecular flexibility index (Phi) is 4.61. The summed E-state index contributed by atoms with van der Waals surface area (Å²) in [7, 11) is 0. The number of hydrogen-bond acceptors (Lipinski definition) is 2. The number of rotatable bonds is 4. The zero-order chi connectivity index (χ0) is 13.0. The molecule has 1 atom stereocenters.